The van der Waals surface area contributed by atoms with E-state index in [0.717, 1.165) is 18.9 Å². The Morgan fingerprint density at radius 3 is 2.67 bits per heavy atom. The smallest absolute Gasteiger partial charge is 0.262 e. The standard InChI is InChI=1S/C13H17Cl2NO4S/c1-2-3-7-20-8-6-16-13(17)10-4-5-11(14)12(9-10)21(15,18)19/h4-5,9H,2-3,6-8H2,1H3,(H,16,17). The summed E-state index contributed by atoms with van der Waals surface area (Å²) in [6.07, 6.45) is 2.02. The molecule has 0 aliphatic carbocycles. The first kappa shape index (κ1) is 18.2. The average molecular weight is 354 g/mol. The molecule has 1 amide bonds. The summed E-state index contributed by atoms with van der Waals surface area (Å²) >= 11 is 5.75. The number of halogens is 2. The lowest BCUT2D eigenvalue weighted by Gasteiger charge is -2.07. The number of carbonyl (C=O) groups excluding carboxylic acids is 1. The molecule has 118 valence electrons. The number of rotatable bonds is 8. The molecular formula is C13H17Cl2NO4S. The number of benzene rings is 1. The van der Waals surface area contributed by atoms with Gasteiger partial charge in [0.15, 0.2) is 0 Å². The Bertz CT molecular complexity index is 590. The molecule has 0 aliphatic rings. The predicted molar refractivity (Wildman–Crippen MR) is 82.6 cm³/mol. The molecule has 1 aromatic rings. The minimum absolute atomic E-state index is 0.0237. The second-order valence-electron chi connectivity index (χ2n) is 4.30. The van der Waals surface area contributed by atoms with Gasteiger partial charge in [-0.05, 0) is 24.6 Å². The van der Waals surface area contributed by atoms with Gasteiger partial charge in [0.05, 0.1) is 11.6 Å². The summed E-state index contributed by atoms with van der Waals surface area (Å²) in [5, 5.41) is 2.61. The van der Waals surface area contributed by atoms with Crippen LogP contribution in [-0.2, 0) is 13.8 Å². The number of carbonyl (C=O) groups is 1. The molecule has 0 bridgehead atoms. The van der Waals surface area contributed by atoms with Crippen molar-refractivity contribution in [3.63, 3.8) is 0 Å². The number of amides is 1. The first-order valence-corrected chi connectivity index (χ1v) is 9.15. The third-order valence-electron chi connectivity index (χ3n) is 2.63. The van der Waals surface area contributed by atoms with Gasteiger partial charge in [-0.15, -0.1) is 0 Å². The highest BCUT2D eigenvalue weighted by molar-refractivity contribution is 8.13. The van der Waals surface area contributed by atoms with Crippen molar-refractivity contribution in [2.45, 2.75) is 24.7 Å². The molecule has 0 aromatic heterocycles. The summed E-state index contributed by atoms with van der Waals surface area (Å²) in [4.78, 5) is 11.6. The van der Waals surface area contributed by atoms with Crippen LogP contribution in [0.25, 0.3) is 0 Å². The Hall–Kier alpha value is -0.820. The Kier molecular flexibility index (Phi) is 7.45. The van der Waals surface area contributed by atoms with E-state index in [9.17, 15) is 13.2 Å². The van der Waals surface area contributed by atoms with Gasteiger partial charge in [0.2, 0.25) is 0 Å². The number of hydrogen-bond acceptors (Lipinski definition) is 4. The monoisotopic (exact) mass is 353 g/mol. The number of nitrogens with one attached hydrogen (secondary N) is 1. The molecule has 0 saturated carbocycles. The van der Waals surface area contributed by atoms with Crippen molar-refractivity contribution in [1.29, 1.82) is 0 Å². The van der Waals surface area contributed by atoms with E-state index in [4.69, 9.17) is 27.0 Å². The average Bonchev–Trinajstić information content (AvgIpc) is 2.41. The van der Waals surface area contributed by atoms with Crippen LogP contribution in [0.3, 0.4) is 0 Å². The molecule has 1 rings (SSSR count). The molecule has 0 fully saturated rings. The largest absolute Gasteiger partial charge is 0.380 e. The summed E-state index contributed by atoms with van der Waals surface area (Å²) in [7, 11) is 1.26. The minimum Gasteiger partial charge on any atom is -0.380 e. The van der Waals surface area contributed by atoms with Crippen molar-refractivity contribution in [3.05, 3.63) is 28.8 Å². The van der Waals surface area contributed by atoms with Crippen LogP contribution < -0.4 is 5.32 Å². The zero-order chi connectivity index (χ0) is 15.9. The van der Waals surface area contributed by atoms with E-state index in [2.05, 4.69) is 12.2 Å². The first-order chi connectivity index (χ1) is 9.86. The van der Waals surface area contributed by atoms with Gasteiger partial charge in [0, 0.05) is 29.4 Å². The maximum atomic E-state index is 11.9. The molecule has 8 heteroatoms. The van der Waals surface area contributed by atoms with Gasteiger partial charge in [0.1, 0.15) is 4.90 Å². The second-order valence-corrected chi connectivity index (χ2v) is 7.25. The molecule has 21 heavy (non-hydrogen) atoms. The molecular weight excluding hydrogens is 337 g/mol. The Morgan fingerprint density at radius 2 is 2.05 bits per heavy atom. The summed E-state index contributed by atoms with van der Waals surface area (Å²) in [6, 6.07) is 3.91. The normalized spacial score (nSPS) is 11.4. The van der Waals surface area contributed by atoms with Crippen LogP contribution in [0.5, 0.6) is 0 Å². The zero-order valence-corrected chi connectivity index (χ0v) is 13.9. The molecule has 0 radical (unpaired) electrons. The van der Waals surface area contributed by atoms with Crippen LogP contribution in [0, 0.1) is 0 Å². The molecule has 0 spiro atoms. The van der Waals surface area contributed by atoms with Crippen molar-refractivity contribution < 1.29 is 17.9 Å². The van der Waals surface area contributed by atoms with Gasteiger partial charge in [-0.2, -0.15) is 0 Å². The summed E-state index contributed by atoms with van der Waals surface area (Å²) in [6.45, 7) is 3.46. The van der Waals surface area contributed by atoms with Crippen LogP contribution in [-0.4, -0.2) is 34.1 Å². The Morgan fingerprint density at radius 1 is 1.33 bits per heavy atom. The van der Waals surface area contributed by atoms with E-state index in [-0.39, 0.29) is 15.5 Å². The molecule has 0 heterocycles. The van der Waals surface area contributed by atoms with Crippen molar-refractivity contribution in [1.82, 2.24) is 5.32 Å². The maximum absolute atomic E-state index is 11.9. The van der Waals surface area contributed by atoms with Gasteiger partial charge in [-0.3, -0.25) is 4.79 Å². The van der Waals surface area contributed by atoms with Gasteiger partial charge in [-0.25, -0.2) is 8.42 Å². The molecule has 0 unspecified atom stereocenters. The highest BCUT2D eigenvalue weighted by Gasteiger charge is 2.17. The number of hydrogen-bond donors (Lipinski definition) is 1. The number of ether oxygens (including phenoxy) is 1. The lowest BCUT2D eigenvalue weighted by Crippen LogP contribution is -2.27. The molecule has 0 saturated heterocycles. The van der Waals surface area contributed by atoms with Crippen molar-refractivity contribution >= 4 is 37.2 Å². The van der Waals surface area contributed by atoms with Crippen LogP contribution in [0.4, 0.5) is 0 Å². The van der Waals surface area contributed by atoms with Gasteiger partial charge < -0.3 is 10.1 Å². The topological polar surface area (TPSA) is 72.5 Å². The first-order valence-electron chi connectivity index (χ1n) is 6.46. The lowest BCUT2D eigenvalue weighted by atomic mass is 10.2. The summed E-state index contributed by atoms with van der Waals surface area (Å²) < 4.78 is 27.9. The zero-order valence-electron chi connectivity index (χ0n) is 11.6. The van der Waals surface area contributed by atoms with Crippen molar-refractivity contribution in [2.24, 2.45) is 0 Å². The van der Waals surface area contributed by atoms with E-state index < -0.39 is 15.0 Å². The van der Waals surface area contributed by atoms with Gasteiger partial charge in [0.25, 0.3) is 15.0 Å². The molecule has 0 atom stereocenters. The van der Waals surface area contributed by atoms with E-state index in [1.54, 1.807) is 0 Å². The molecule has 5 nitrogen and oxygen atoms in total. The van der Waals surface area contributed by atoms with Crippen LogP contribution >= 0.6 is 22.3 Å². The minimum atomic E-state index is -3.99. The quantitative estimate of drug-likeness (QED) is 0.576. The van der Waals surface area contributed by atoms with Crippen LogP contribution in [0.1, 0.15) is 30.1 Å². The fraction of sp³-hybridized carbons (Fsp3) is 0.462. The fourth-order valence-corrected chi connectivity index (χ4v) is 3.01. The number of unbranched alkanes of at least 4 members (excludes halogenated alkanes) is 1. The fourth-order valence-electron chi connectivity index (χ4n) is 1.52. The van der Waals surface area contributed by atoms with Crippen molar-refractivity contribution in [2.75, 3.05) is 19.8 Å². The molecule has 1 N–H and O–H groups in total. The van der Waals surface area contributed by atoms with E-state index in [1.807, 2.05) is 0 Å². The van der Waals surface area contributed by atoms with Gasteiger partial charge >= 0.3 is 0 Å². The lowest BCUT2D eigenvalue weighted by molar-refractivity contribution is 0.0912. The highest BCUT2D eigenvalue weighted by Crippen LogP contribution is 2.25. The van der Waals surface area contributed by atoms with Crippen molar-refractivity contribution in [3.8, 4) is 0 Å². The van der Waals surface area contributed by atoms with Crippen LogP contribution in [0.15, 0.2) is 23.1 Å². The third kappa shape index (κ3) is 6.22. The van der Waals surface area contributed by atoms with Gasteiger partial charge in [-0.1, -0.05) is 24.9 Å². The Balaban J connectivity index is 2.59. The molecule has 1 aromatic carbocycles. The van der Waals surface area contributed by atoms with Crippen LogP contribution in [0.2, 0.25) is 5.02 Å². The predicted octanol–water partition coefficient (Wildman–Crippen LogP) is 2.81. The third-order valence-corrected chi connectivity index (χ3v) is 4.43. The SMILES string of the molecule is CCCCOCCNC(=O)c1ccc(Cl)c(S(=O)(=O)Cl)c1. The second kappa shape index (κ2) is 8.58. The van der Waals surface area contributed by atoms with E-state index in [0.29, 0.717) is 19.8 Å². The Labute approximate surface area is 134 Å². The summed E-state index contributed by atoms with van der Waals surface area (Å²) in [5.74, 6) is -0.410. The van der Waals surface area contributed by atoms with E-state index in [1.165, 1.54) is 12.1 Å². The summed E-state index contributed by atoms with van der Waals surface area (Å²) in [5.41, 5.74) is 0.173. The molecule has 0 aliphatic heterocycles. The highest BCUT2D eigenvalue weighted by atomic mass is 35.7. The maximum Gasteiger partial charge on any atom is 0.262 e. The van der Waals surface area contributed by atoms with E-state index >= 15 is 0 Å².